The van der Waals surface area contributed by atoms with Crippen LogP contribution in [0.25, 0.3) is 0 Å². The van der Waals surface area contributed by atoms with Gasteiger partial charge < -0.3 is 19.5 Å². The van der Waals surface area contributed by atoms with Crippen LogP contribution in [0.4, 0.5) is 10.5 Å². The van der Waals surface area contributed by atoms with Crippen molar-refractivity contribution in [1.82, 2.24) is 9.47 Å². The molecule has 1 aromatic carbocycles. The van der Waals surface area contributed by atoms with E-state index in [2.05, 4.69) is 35.1 Å². The van der Waals surface area contributed by atoms with Gasteiger partial charge in [0.05, 0.1) is 13.2 Å². The third kappa shape index (κ3) is 3.18. The number of carbonyl (C=O) groups is 1. The van der Waals surface area contributed by atoms with Crippen molar-refractivity contribution < 1.29 is 9.53 Å². The van der Waals surface area contributed by atoms with Crippen LogP contribution in [0.3, 0.4) is 0 Å². The molecular formula is C18H23N3O2. The van der Waals surface area contributed by atoms with Gasteiger partial charge >= 0.3 is 6.03 Å². The van der Waals surface area contributed by atoms with Crippen LogP contribution < -0.4 is 10.1 Å². The summed E-state index contributed by atoms with van der Waals surface area (Å²) in [5.74, 6) is 0.780. The first-order chi connectivity index (χ1) is 11.2. The molecule has 3 rings (SSSR count). The van der Waals surface area contributed by atoms with E-state index >= 15 is 0 Å². The highest BCUT2D eigenvalue weighted by Crippen LogP contribution is 2.30. The third-order valence-electron chi connectivity index (χ3n) is 4.33. The molecule has 5 nitrogen and oxygen atoms in total. The van der Waals surface area contributed by atoms with Crippen LogP contribution in [-0.4, -0.2) is 29.2 Å². The van der Waals surface area contributed by atoms with Gasteiger partial charge in [-0.1, -0.05) is 13.3 Å². The highest BCUT2D eigenvalue weighted by molar-refractivity contribution is 5.89. The van der Waals surface area contributed by atoms with Gasteiger partial charge in [0, 0.05) is 30.7 Å². The fourth-order valence-electron chi connectivity index (χ4n) is 3.15. The van der Waals surface area contributed by atoms with Gasteiger partial charge in [-0.15, -0.1) is 0 Å². The van der Waals surface area contributed by atoms with Crippen LogP contribution in [0.15, 0.2) is 42.6 Å². The van der Waals surface area contributed by atoms with E-state index in [1.807, 2.05) is 29.2 Å². The van der Waals surface area contributed by atoms with Gasteiger partial charge in [-0.2, -0.15) is 0 Å². The highest BCUT2D eigenvalue weighted by Gasteiger charge is 2.30. The van der Waals surface area contributed by atoms with Gasteiger partial charge in [0.1, 0.15) is 5.75 Å². The summed E-state index contributed by atoms with van der Waals surface area (Å²) >= 11 is 0. The summed E-state index contributed by atoms with van der Waals surface area (Å²) < 4.78 is 7.39. The molecule has 1 N–H and O–H groups in total. The zero-order valence-corrected chi connectivity index (χ0v) is 13.7. The number of carbonyl (C=O) groups excluding carboxylic acids is 1. The number of nitrogens with one attached hydrogen (secondary N) is 1. The van der Waals surface area contributed by atoms with Gasteiger partial charge in [0.25, 0.3) is 0 Å². The normalized spacial score (nSPS) is 16.8. The molecule has 1 aliphatic rings. The molecular weight excluding hydrogens is 290 g/mol. The first kappa shape index (κ1) is 15.5. The van der Waals surface area contributed by atoms with Crippen molar-refractivity contribution in [2.75, 3.05) is 19.0 Å². The average Bonchev–Trinajstić information content (AvgIpc) is 3.05. The van der Waals surface area contributed by atoms with E-state index in [0.29, 0.717) is 0 Å². The summed E-state index contributed by atoms with van der Waals surface area (Å²) in [5, 5.41) is 3.00. The van der Waals surface area contributed by atoms with Crippen LogP contribution >= 0.6 is 0 Å². The quantitative estimate of drug-likeness (QED) is 0.931. The Morgan fingerprint density at radius 1 is 1.26 bits per heavy atom. The molecule has 122 valence electrons. The first-order valence-electron chi connectivity index (χ1n) is 8.09. The Balaban J connectivity index is 1.75. The number of urea groups is 1. The Hall–Kier alpha value is -2.43. The number of rotatable bonds is 4. The summed E-state index contributed by atoms with van der Waals surface area (Å²) in [6.45, 7) is 3.73. The maximum atomic E-state index is 12.7. The fourth-order valence-corrected chi connectivity index (χ4v) is 3.15. The van der Waals surface area contributed by atoms with E-state index in [-0.39, 0.29) is 12.1 Å². The number of hydrogen-bond acceptors (Lipinski definition) is 2. The molecule has 2 heterocycles. The summed E-state index contributed by atoms with van der Waals surface area (Å²) in [5.41, 5.74) is 2.01. The van der Waals surface area contributed by atoms with Gasteiger partial charge in [-0.3, -0.25) is 0 Å². The predicted molar refractivity (Wildman–Crippen MR) is 90.8 cm³/mol. The number of fused-ring (bicyclic) bond motifs is 1. The smallest absolute Gasteiger partial charge is 0.322 e. The minimum atomic E-state index is -0.0407. The molecule has 0 bridgehead atoms. The Labute approximate surface area is 136 Å². The molecule has 2 aromatic rings. The molecule has 1 aliphatic heterocycles. The fraction of sp³-hybridized carbons (Fsp3) is 0.389. The molecule has 0 radical (unpaired) electrons. The molecule has 5 heteroatoms. The van der Waals surface area contributed by atoms with Gasteiger partial charge in [-0.05, 0) is 42.8 Å². The monoisotopic (exact) mass is 313 g/mol. The number of ether oxygens (including phenoxy) is 1. The maximum absolute atomic E-state index is 12.7. The Kier molecular flexibility index (Phi) is 4.55. The number of nitrogens with zero attached hydrogens (tertiary/aromatic N) is 2. The summed E-state index contributed by atoms with van der Waals surface area (Å²) in [6, 6.07) is 11.7. The SMILES string of the molecule is CCCC1c2cccn2CCN1C(=O)Nc1ccc(OC)cc1. The topological polar surface area (TPSA) is 46.5 Å². The lowest BCUT2D eigenvalue weighted by molar-refractivity contribution is 0.163. The van der Waals surface area contributed by atoms with Gasteiger partial charge in [0.2, 0.25) is 0 Å². The van der Waals surface area contributed by atoms with E-state index in [4.69, 9.17) is 4.74 Å². The van der Waals surface area contributed by atoms with E-state index in [1.54, 1.807) is 7.11 Å². The molecule has 1 aromatic heterocycles. The van der Waals surface area contributed by atoms with E-state index in [1.165, 1.54) is 5.69 Å². The molecule has 2 amide bonds. The predicted octanol–water partition coefficient (Wildman–Crippen LogP) is 3.89. The zero-order chi connectivity index (χ0) is 16.2. The van der Waals surface area contributed by atoms with Crippen molar-refractivity contribution in [3.05, 3.63) is 48.3 Å². The van der Waals surface area contributed by atoms with Crippen molar-refractivity contribution in [2.24, 2.45) is 0 Å². The largest absolute Gasteiger partial charge is 0.497 e. The minimum absolute atomic E-state index is 0.0407. The molecule has 0 saturated heterocycles. The van der Waals surface area contributed by atoms with Crippen molar-refractivity contribution >= 4 is 11.7 Å². The number of benzene rings is 1. The number of aromatic nitrogens is 1. The van der Waals surface area contributed by atoms with E-state index < -0.39 is 0 Å². The van der Waals surface area contributed by atoms with Crippen molar-refractivity contribution in [3.8, 4) is 5.75 Å². The van der Waals surface area contributed by atoms with Crippen LogP contribution in [-0.2, 0) is 6.54 Å². The number of anilines is 1. The maximum Gasteiger partial charge on any atom is 0.322 e. The van der Waals surface area contributed by atoms with Crippen molar-refractivity contribution in [3.63, 3.8) is 0 Å². The lowest BCUT2D eigenvalue weighted by atomic mass is 10.0. The molecule has 1 atom stereocenters. The molecule has 0 aliphatic carbocycles. The highest BCUT2D eigenvalue weighted by atomic mass is 16.5. The second-order valence-electron chi connectivity index (χ2n) is 5.78. The summed E-state index contributed by atoms with van der Waals surface area (Å²) in [4.78, 5) is 14.7. The molecule has 0 saturated carbocycles. The number of methoxy groups -OCH3 is 1. The minimum Gasteiger partial charge on any atom is -0.497 e. The van der Waals surface area contributed by atoms with Crippen molar-refractivity contribution in [1.29, 1.82) is 0 Å². The molecule has 0 spiro atoms. The molecule has 23 heavy (non-hydrogen) atoms. The van der Waals surface area contributed by atoms with Crippen molar-refractivity contribution in [2.45, 2.75) is 32.4 Å². The standard InChI is InChI=1S/C18H23N3O2/c1-3-5-17-16-6-4-11-20(16)12-13-21(17)18(22)19-14-7-9-15(23-2)10-8-14/h4,6-11,17H,3,5,12-13H2,1-2H3,(H,19,22). The van der Waals surface area contributed by atoms with E-state index in [0.717, 1.165) is 37.4 Å². The van der Waals surface area contributed by atoms with Gasteiger partial charge in [-0.25, -0.2) is 4.79 Å². The first-order valence-corrected chi connectivity index (χ1v) is 8.09. The Morgan fingerprint density at radius 2 is 2.04 bits per heavy atom. The number of hydrogen-bond donors (Lipinski definition) is 1. The van der Waals surface area contributed by atoms with Gasteiger partial charge in [0.15, 0.2) is 0 Å². The number of amides is 2. The zero-order valence-electron chi connectivity index (χ0n) is 13.7. The lowest BCUT2D eigenvalue weighted by Crippen LogP contribution is -2.44. The summed E-state index contributed by atoms with van der Waals surface area (Å²) in [6.07, 6.45) is 4.11. The Morgan fingerprint density at radius 3 is 2.74 bits per heavy atom. The lowest BCUT2D eigenvalue weighted by Gasteiger charge is -2.37. The van der Waals surface area contributed by atoms with Crippen LogP contribution in [0.5, 0.6) is 5.75 Å². The van der Waals surface area contributed by atoms with Crippen LogP contribution in [0.1, 0.15) is 31.5 Å². The Bertz CT molecular complexity index is 663. The van der Waals surface area contributed by atoms with Crippen LogP contribution in [0.2, 0.25) is 0 Å². The summed E-state index contributed by atoms with van der Waals surface area (Å²) in [7, 11) is 1.63. The van der Waals surface area contributed by atoms with E-state index in [9.17, 15) is 4.79 Å². The van der Waals surface area contributed by atoms with Crippen LogP contribution in [0, 0.1) is 0 Å². The molecule has 0 fully saturated rings. The third-order valence-corrected chi connectivity index (χ3v) is 4.33. The average molecular weight is 313 g/mol. The second kappa shape index (κ2) is 6.77. The second-order valence-corrected chi connectivity index (χ2v) is 5.78. The molecule has 1 unspecified atom stereocenters.